The van der Waals surface area contributed by atoms with Crippen molar-refractivity contribution in [2.45, 2.75) is 11.7 Å². The van der Waals surface area contributed by atoms with Crippen molar-refractivity contribution in [3.63, 3.8) is 0 Å². The molecule has 5 nitrogen and oxygen atoms in total. The summed E-state index contributed by atoms with van der Waals surface area (Å²) in [6.45, 7) is 0.726. The van der Waals surface area contributed by atoms with Crippen LogP contribution < -0.4 is 14.6 Å². The number of nitrogens with zero attached hydrogens (tertiary/aromatic N) is 1. The van der Waals surface area contributed by atoms with Gasteiger partial charge in [0.1, 0.15) is 18.0 Å². The molecule has 0 aliphatic heterocycles. The topological polar surface area (TPSA) is 58.0 Å². The fourth-order valence-electron chi connectivity index (χ4n) is 3.72. The number of para-hydroxylation sites is 2. The molecule has 0 bridgehead atoms. The van der Waals surface area contributed by atoms with E-state index in [4.69, 9.17) is 16.3 Å². The Balaban J connectivity index is 1.23. The average Bonchev–Trinajstić information content (AvgIpc) is 3.23. The third-order valence-corrected chi connectivity index (χ3v) is 6.65. The van der Waals surface area contributed by atoms with Gasteiger partial charge in [-0.2, -0.15) is 0 Å². The van der Waals surface area contributed by atoms with E-state index in [9.17, 15) is 4.79 Å². The smallest absolute Gasteiger partial charge is 0.317 e. The summed E-state index contributed by atoms with van der Waals surface area (Å²) in [5, 5.41) is 4.56. The molecule has 5 aromatic rings. The molecule has 0 saturated carbocycles. The molecule has 1 amide bonds. The van der Waals surface area contributed by atoms with Crippen LogP contribution in [0.5, 0.6) is 11.5 Å². The van der Waals surface area contributed by atoms with E-state index in [0.717, 1.165) is 22.7 Å². The van der Waals surface area contributed by atoms with E-state index in [1.807, 2.05) is 66.7 Å². The zero-order chi connectivity index (χ0) is 24.0. The summed E-state index contributed by atoms with van der Waals surface area (Å²) in [4.78, 5) is 16.1. The Bertz CT molecular complexity index is 1440. The number of fused-ring (bicyclic) bond motifs is 1. The summed E-state index contributed by atoms with van der Waals surface area (Å²) >= 11 is 7.40. The number of halogens is 1. The molecule has 0 radical (unpaired) electrons. The van der Waals surface area contributed by atoms with E-state index < -0.39 is 0 Å². The Kier molecular flexibility index (Phi) is 7.02. The molecule has 174 valence electrons. The minimum atomic E-state index is -0.0775. The zero-order valence-electron chi connectivity index (χ0n) is 18.8. The van der Waals surface area contributed by atoms with Crippen LogP contribution in [-0.4, -0.2) is 16.6 Å². The maximum Gasteiger partial charge on any atom is 0.317 e. The number of H-pyrrole nitrogens is 1. The van der Waals surface area contributed by atoms with Crippen molar-refractivity contribution >= 4 is 46.0 Å². The molecule has 1 aromatic heterocycles. The van der Waals surface area contributed by atoms with Crippen LogP contribution in [0.1, 0.15) is 5.56 Å². The molecule has 0 unspecified atom stereocenters. The highest BCUT2D eigenvalue weighted by Gasteiger charge is 2.20. The summed E-state index contributed by atoms with van der Waals surface area (Å²) in [7, 11) is 0. The van der Waals surface area contributed by atoms with Crippen LogP contribution in [0.25, 0.3) is 11.0 Å². The van der Waals surface area contributed by atoms with Gasteiger partial charge in [-0.1, -0.05) is 54.1 Å². The number of hydrogen-bond acceptors (Lipinski definition) is 3. The monoisotopic (exact) mass is 500 g/mol. The molecule has 7 heteroatoms. The first-order chi connectivity index (χ1) is 17.1. The number of benzene rings is 4. The lowest BCUT2D eigenvalue weighted by Crippen LogP contribution is -2.35. The van der Waals surface area contributed by atoms with E-state index in [1.54, 1.807) is 12.1 Å². The molecule has 0 aliphatic rings. The predicted molar refractivity (Wildman–Crippen MR) is 141 cm³/mol. The molecule has 0 fully saturated rings. The number of carbonyl (C=O) groups is 1. The standard InChI is InChI=1S/C28H22ClN3O2S/c29-21-10-14-23(15-11-21)34-24-16-12-22(13-17-24)30-27(33)19-35-28-31-25-8-4-5-9-26(25)32(28)18-20-6-2-1-3-7-20/h1-17H,18-19H2,(H,30,33)/p+1. The van der Waals surface area contributed by atoms with Gasteiger partial charge in [0.05, 0.1) is 5.75 Å². The Hall–Kier alpha value is -3.74. The van der Waals surface area contributed by atoms with E-state index in [0.29, 0.717) is 22.2 Å². The second-order valence-corrected chi connectivity index (χ2v) is 9.34. The van der Waals surface area contributed by atoms with Gasteiger partial charge < -0.3 is 10.1 Å². The maximum atomic E-state index is 12.7. The highest BCUT2D eigenvalue weighted by atomic mass is 35.5. The highest BCUT2D eigenvalue weighted by Crippen LogP contribution is 2.25. The summed E-state index contributed by atoms with van der Waals surface area (Å²) in [6, 6.07) is 32.9. The number of aromatic nitrogens is 2. The van der Waals surface area contributed by atoms with Gasteiger partial charge in [0.25, 0.3) is 0 Å². The van der Waals surface area contributed by atoms with Gasteiger partial charge in [-0.3, -0.25) is 4.79 Å². The van der Waals surface area contributed by atoms with Gasteiger partial charge >= 0.3 is 5.16 Å². The van der Waals surface area contributed by atoms with E-state index in [2.05, 4.69) is 39.1 Å². The van der Waals surface area contributed by atoms with Crippen LogP contribution in [0.2, 0.25) is 5.02 Å². The normalized spacial score (nSPS) is 10.9. The van der Waals surface area contributed by atoms with Crippen LogP contribution in [0.15, 0.2) is 108 Å². The largest absolute Gasteiger partial charge is 0.457 e. The fourth-order valence-corrected chi connectivity index (χ4v) is 4.69. The van der Waals surface area contributed by atoms with Crippen molar-refractivity contribution in [3.05, 3.63) is 114 Å². The molecular formula is C28H23ClN3O2S+. The number of thioether (sulfide) groups is 1. The number of aromatic amines is 1. The molecule has 0 saturated heterocycles. The SMILES string of the molecule is O=C(CSc1[nH]c2ccccc2[n+]1Cc1ccccc1)Nc1ccc(Oc2ccc(Cl)cc2)cc1. The third-order valence-electron chi connectivity index (χ3n) is 5.39. The first kappa shape index (κ1) is 23.0. The predicted octanol–water partition coefficient (Wildman–Crippen LogP) is 6.68. The van der Waals surface area contributed by atoms with Crippen molar-refractivity contribution in [2.24, 2.45) is 0 Å². The Labute approximate surface area is 212 Å². The van der Waals surface area contributed by atoms with Gasteiger partial charge in [-0.15, -0.1) is 0 Å². The second kappa shape index (κ2) is 10.7. The highest BCUT2D eigenvalue weighted by molar-refractivity contribution is 7.99. The number of anilines is 1. The first-order valence-corrected chi connectivity index (χ1v) is 12.5. The summed E-state index contributed by atoms with van der Waals surface area (Å²) in [5.41, 5.74) is 4.07. The first-order valence-electron chi connectivity index (χ1n) is 11.1. The maximum absolute atomic E-state index is 12.7. The Morgan fingerprint density at radius 2 is 1.51 bits per heavy atom. The van der Waals surface area contributed by atoms with Crippen LogP contribution in [0.3, 0.4) is 0 Å². The number of rotatable bonds is 8. The summed E-state index contributed by atoms with van der Waals surface area (Å²) in [5.74, 6) is 1.58. The number of imidazole rings is 1. The van der Waals surface area contributed by atoms with Crippen molar-refractivity contribution < 1.29 is 14.1 Å². The third kappa shape index (κ3) is 5.85. The van der Waals surface area contributed by atoms with Crippen molar-refractivity contribution in [3.8, 4) is 11.5 Å². The van der Waals surface area contributed by atoms with Gasteiger partial charge in [0.15, 0.2) is 11.0 Å². The lowest BCUT2D eigenvalue weighted by Gasteiger charge is -2.08. The number of carbonyl (C=O) groups excluding carboxylic acids is 1. The lowest BCUT2D eigenvalue weighted by molar-refractivity contribution is -0.700. The molecule has 5 rings (SSSR count). The molecule has 0 aliphatic carbocycles. The van der Waals surface area contributed by atoms with Crippen molar-refractivity contribution in [1.29, 1.82) is 0 Å². The van der Waals surface area contributed by atoms with E-state index in [1.165, 1.54) is 17.3 Å². The molecule has 35 heavy (non-hydrogen) atoms. The lowest BCUT2D eigenvalue weighted by atomic mass is 10.2. The minimum Gasteiger partial charge on any atom is -0.457 e. The Morgan fingerprint density at radius 3 is 2.26 bits per heavy atom. The molecule has 0 spiro atoms. The van der Waals surface area contributed by atoms with Gasteiger partial charge in [0.2, 0.25) is 5.91 Å². The zero-order valence-corrected chi connectivity index (χ0v) is 20.4. The van der Waals surface area contributed by atoms with Crippen LogP contribution in [0.4, 0.5) is 5.69 Å². The molecular weight excluding hydrogens is 478 g/mol. The Morgan fingerprint density at radius 1 is 0.857 bits per heavy atom. The molecule has 4 aromatic carbocycles. The number of nitrogens with one attached hydrogen (secondary N) is 2. The van der Waals surface area contributed by atoms with Gasteiger partial charge in [0, 0.05) is 10.7 Å². The minimum absolute atomic E-state index is 0.0775. The number of amides is 1. The van der Waals surface area contributed by atoms with E-state index >= 15 is 0 Å². The van der Waals surface area contributed by atoms with Gasteiger partial charge in [-0.25, -0.2) is 9.55 Å². The van der Waals surface area contributed by atoms with Gasteiger partial charge in [-0.05, 0) is 78.0 Å². The average molecular weight is 501 g/mol. The quantitative estimate of drug-likeness (QED) is 0.184. The molecule has 0 atom stereocenters. The number of ether oxygens (including phenoxy) is 1. The number of hydrogen-bond donors (Lipinski definition) is 2. The summed E-state index contributed by atoms with van der Waals surface area (Å²) < 4.78 is 8.02. The van der Waals surface area contributed by atoms with Crippen molar-refractivity contribution in [2.75, 3.05) is 11.1 Å². The van der Waals surface area contributed by atoms with Crippen LogP contribution in [-0.2, 0) is 11.3 Å². The molecule has 1 heterocycles. The summed E-state index contributed by atoms with van der Waals surface area (Å²) in [6.07, 6.45) is 0. The van der Waals surface area contributed by atoms with E-state index in [-0.39, 0.29) is 11.7 Å². The second-order valence-electron chi connectivity index (χ2n) is 7.94. The van der Waals surface area contributed by atoms with Crippen LogP contribution in [0, 0.1) is 0 Å². The fraction of sp³-hybridized carbons (Fsp3) is 0.0714. The molecule has 2 N–H and O–H groups in total. The van der Waals surface area contributed by atoms with Crippen LogP contribution >= 0.6 is 23.4 Å². The van der Waals surface area contributed by atoms with Crippen molar-refractivity contribution in [1.82, 2.24) is 4.98 Å².